The average molecular weight is 478 g/mol. The molecule has 1 aromatic heterocycles. The number of primary amides is 1. The zero-order chi connectivity index (χ0) is 25.0. The normalized spacial score (nSPS) is 18.6. The second-order valence-corrected chi connectivity index (χ2v) is 8.67. The molecule has 2 N–H and O–H groups in total. The number of carbonyl (C=O) groups is 2. The summed E-state index contributed by atoms with van der Waals surface area (Å²) < 4.78 is 24.6. The molecular weight excluding hydrogens is 449 g/mol. The molecular formula is C27H28FN3O4. The van der Waals surface area contributed by atoms with Crippen LogP contribution in [0.4, 0.5) is 9.18 Å². The van der Waals surface area contributed by atoms with E-state index in [1.54, 1.807) is 36.4 Å². The molecule has 4 rings (SSSR count). The zero-order valence-electron chi connectivity index (χ0n) is 19.7. The Morgan fingerprint density at radius 3 is 2.40 bits per heavy atom. The van der Waals surface area contributed by atoms with Gasteiger partial charge in [-0.15, -0.1) is 0 Å². The monoisotopic (exact) mass is 477 g/mol. The standard InChI is InChI=1S/C27H28FN3O4/c1-18(19-3-5-20(6-4-19)21-7-12-25(34-2)30-17-21)31-16-15-27(35-26(31)33,14-13-24(29)32)22-8-10-23(28)11-9-22/h3-12,17-18H,13-16H2,1-2H3,(H2,29,32)/t18-,27-/m0/s1. The summed E-state index contributed by atoms with van der Waals surface area (Å²) in [5, 5.41) is 0. The molecule has 0 spiro atoms. The molecule has 1 saturated heterocycles. The first-order valence-electron chi connectivity index (χ1n) is 11.5. The molecule has 182 valence electrons. The molecule has 1 aliphatic heterocycles. The van der Waals surface area contributed by atoms with Gasteiger partial charge in [0.25, 0.3) is 0 Å². The first-order chi connectivity index (χ1) is 16.8. The van der Waals surface area contributed by atoms with Gasteiger partial charge in [0.1, 0.15) is 11.4 Å². The van der Waals surface area contributed by atoms with E-state index in [2.05, 4.69) is 4.98 Å². The van der Waals surface area contributed by atoms with Crippen LogP contribution in [0.1, 0.15) is 43.4 Å². The number of halogens is 1. The van der Waals surface area contributed by atoms with Crippen molar-refractivity contribution in [1.82, 2.24) is 9.88 Å². The Hall–Kier alpha value is -3.94. The number of methoxy groups -OCH3 is 1. The van der Waals surface area contributed by atoms with Crippen molar-refractivity contribution < 1.29 is 23.5 Å². The Morgan fingerprint density at radius 2 is 1.83 bits per heavy atom. The van der Waals surface area contributed by atoms with Crippen molar-refractivity contribution in [3.8, 4) is 17.0 Å². The van der Waals surface area contributed by atoms with Crippen molar-refractivity contribution in [3.63, 3.8) is 0 Å². The summed E-state index contributed by atoms with van der Waals surface area (Å²) in [5.74, 6) is -0.314. The molecule has 0 bridgehead atoms. The molecule has 0 radical (unpaired) electrons. The fourth-order valence-corrected chi connectivity index (χ4v) is 4.43. The summed E-state index contributed by atoms with van der Waals surface area (Å²) >= 11 is 0. The minimum Gasteiger partial charge on any atom is -0.481 e. The van der Waals surface area contributed by atoms with Crippen LogP contribution in [-0.2, 0) is 15.1 Å². The summed E-state index contributed by atoms with van der Waals surface area (Å²) in [4.78, 5) is 30.5. The number of benzene rings is 2. The van der Waals surface area contributed by atoms with E-state index in [0.29, 0.717) is 24.4 Å². The Labute approximate surface area is 203 Å². The van der Waals surface area contributed by atoms with Gasteiger partial charge in [0.2, 0.25) is 11.8 Å². The maximum atomic E-state index is 13.5. The molecule has 1 aliphatic rings. The maximum Gasteiger partial charge on any atom is 0.411 e. The summed E-state index contributed by atoms with van der Waals surface area (Å²) in [7, 11) is 1.57. The van der Waals surface area contributed by atoms with Gasteiger partial charge in [-0.25, -0.2) is 14.2 Å². The second-order valence-electron chi connectivity index (χ2n) is 8.67. The highest BCUT2D eigenvalue weighted by atomic mass is 19.1. The maximum absolute atomic E-state index is 13.5. The summed E-state index contributed by atoms with van der Waals surface area (Å²) in [6.45, 7) is 2.36. The number of pyridine rings is 1. The third-order valence-corrected chi connectivity index (χ3v) is 6.56. The number of carbonyl (C=O) groups excluding carboxylic acids is 2. The fourth-order valence-electron chi connectivity index (χ4n) is 4.43. The SMILES string of the molecule is COc1ccc(-c2ccc([C@H](C)N3CC[C@@](CCC(N)=O)(c4ccc(F)cc4)OC3=O)cc2)cn1. The quantitative estimate of drug-likeness (QED) is 0.495. The molecule has 0 saturated carbocycles. The summed E-state index contributed by atoms with van der Waals surface area (Å²) in [5.41, 5.74) is 7.91. The lowest BCUT2D eigenvalue weighted by Gasteiger charge is -2.43. The second kappa shape index (κ2) is 10.1. The number of ether oxygens (including phenoxy) is 2. The van der Waals surface area contributed by atoms with Crippen LogP contribution < -0.4 is 10.5 Å². The Bertz CT molecular complexity index is 1180. The molecule has 2 amide bonds. The highest BCUT2D eigenvalue weighted by molar-refractivity contribution is 5.74. The van der Waals surface area contributed by atoms with Crippen LogP contribution in [0, 0.1) is 5.82 Å². The first-order valence-corrected chi connectivity index (χ1v) is 11.5. The lowest BCUT2D eigenvalue weighted by molar-refractivity contribution is -0.121. The number of hydrogen-bond acceptors (Lipinski definition) is 5. The number of rotatable bonds is 8. The largest absolute Gasteiger partial charge is 0.481 e. The van der Waals surface area contributed by atoms with Crippen molar-refractivity contribution >= 4 is 12.0 Å². The van der Waals surface area contributed by atoms with Crippen LogP contribution in [0.5, 0.6) is 5.88 Å². The highest BCUT2D eigenvalue weighted by Gasteiger charge is 2.43. The lowest BCUT2D eigenvalue weighted by atomic mass is 9.84. The number of nitrogens with zero attached hydrogens (tertiary/aromatic N) is 2. The van der Waals surface area contributed by atoms with Crippen molar-refractivity contribution in [2.45, 2.75) is 37.8 Å². The van der Waals surface area contributed by atoms with Crippen molar-refractivity contribution in [2.75, 3.05) is 13.7 Å². The third kappa shape index (κ3) is 5.26. The minimum atomic E-state index is -1.03. The molecule has 0 unspecified atom stereocenters. The van der Waals surface area contributed by atoms with Gasteiger partial charge >= 0.3 is 6.09 Å². The molecule has 7 nitrogen and oxygen atoms in total. The average Bonchev–Trinajstić information content (AvgIpc) is 2.88. The topological polar surface area (TPSA) is 94.8 Å². The van der Waals surface area contributed by atoms with Crippen molar-refractivity contribution in [2.24, 2.45) is 5.73 Å². The van der Waals surface area contributed by atoms with E-state index in [-0.39, 0.29) is 24.7 Å². The van der Waals surface area contributed by atoms with Crippen LogP contribution in [0.15, 0.2) is 66.9 Å². The molecule has 0 aliphatic carbocycles. The van der Waals surface area contributed by atoms with Crippen molar-refractivity contribution in [1.29, 1.82) is 0 Å². The van der Waals surface area contributed by atoms with E-state index in [4.69, 9.17) is 15.2 Å². The van der Waals surface area contributed by atoms with Gasteiger partial charge in [-0.1, -0.05) is 36.4 Å². The number of nitrogens with two attached hydrogens (primary N) is 1. The van der Waals surface area contributed by atoms with E-state index in [0.717, 1.165) is 16.7 Å². The molecule has 2 heterocycles. The first kappa shape index (κ1) is 24.2. The lowest BCUT2D eigenvalue weighted by Crippen LogP contribution is -2.49. The van der Waals surface area contributed by atoms with Crippen LogP contribution >= 0.6 is 0 Å². The predicted octanol–water partition coefficient (Wildman–Crippen LogP) is 4.96. The number of hydrogen-bond donors (Lipinski definition) is 1. The van der Waals surface area contributed by atoms with E-state index < -0.39 is 17.6 Å². The van der Waals surface area contributed by atoms with Gasteiger partial charge in [-0.3, -0.25) is 4.79 Å². The minimum absolute atomic E-state index is 0.0574. The van der Waals surface area contributed by atoms with Gasteiger partial charge in [-0.05, 0) is 41.8 Å². The molecule has 2 aromatic carbocycles. The van der Waals surface area contributed by atoms with E-state index >= 15 is 0 Å². The van der Waals surface area contributed by atoms with Gasteiger partial charge < -0.3 is 20.1 Å². The number of aromatic nitrogens is 1. The zero-order valence-corrected chi connectivity index (χ0v) is 19.7. The molecule has 2 atom stereocenters. The predicted molar refractivity (Wildman–Crippen MR) is 129 cm³/mol. The molecule has 3 aromatic rings. The van der Waals surface area contributed by atoms with Gasteiger partial charge in [0.15, 0.2) is 0 Å². The Kier molecular flexibility index (Phi) is 7.00. The van der Waals surface area contributed by atoms with Crippen LogP contribution in [0.25, 0.3) is 11.1 Å². The van der Waals surface area contributed by atoms with Gasteiger partial charge in [0.05, 0.1) is 13.2 Å². The van der Waals surface area contributed by atoms with Gasteiger partial charge in [-0.2, -0.15) is 0 Å². The van der Waals surface area contributed by atoms with E-state index in [1.165, 1.54) is 12.1 Å². The Morgan fingerprint density at radius 1 is 1.14 bits per heavy atom. The fraction of sp³-hybridized carbons (Fsp3) is 0.296. The van der Waals surface area contributed by atoms with Gasteiger partial charge in [0, 0.05) is 43.6 Å². The molecule has 8 heteroatoms. The van der Waals surface area contributed by atoms with E-state index in [1.807, 2.05) is 37.3 Å². The summed E-state index contributed by atoms with van der Waals surface area (Å²) in [6, 6.07) is 17.3. The van der Waals surface area contributed by atoms with E-state index in [9.17, 15) is 14.0 Å². The third-order valence-electron chi connectivity index (χ3n) is 6.56. The van der Waals surface area contributed by atoms with Crippen LogP contribution in [0.2, 0.25) is 0 Å². The number of amides is 2. The van der Waals surface area contributed by atoms with Crippen LogP contribution in [0.3, 0.4) is 0 Å². The van der Waals surface area contributed by atoms with Crippen LogP contribution in [-0.4, -0.2) is 35.5 Å². The smallest absolute Gasteiger partial charge is 0.411 e. The number of cyclic esters (lactones) is 1. The highest BCUT2D eigenvalue weighted by Crippen LogP contribution is 2.40. The summed E-state index contributed by atoms with van der Waals surface area (Å²) in [6.07, 6.45) is 2.02. The Balaban J connectivity index is 1.50. The molecule has 35 heavy (non-hydrogen) atoms. The molecule has 1 fully saturated rings. The van der Waals surface area contributed by atoms with Crippen molar-refractivity contribution in [3.05, 3.63) is 83.8 Å².